The zero-order valence-corrected chi connectivity index (χ0v) is 21.2. The van der Waals surface area contributed by atoms with Gasteiger partial charge in [-0.2, -0.15) is 5.10 Å². The fourth-order valence-electron chi connectivity index (χ4n) is 5.20. The van der Waals surface area contributed by atoms with Crippen LogP contribution in [0, 0.1) is 0 Å². The second-order valence-corrected chi connectivity index (χ2v) is 9.75. The number of amides is 2. The third-order valence-electron chi connectivity index (χ3n) is 7.33. The highest BCUT2D eigenvalue weighted by Gasteiger charge is 2.23. The van der Waals surface area contributed by atoms with Crippen molar-refractivity contribution in [1.82, 2.24) is 24.7 Å². The van der Waals surface area contributed by atoms with E-state index in [-0.39, 0.29) is 6.03 Å². The smallest absolute Gasteiger partial charge is 0.317 e. The molecule has 35 heavy (non-hydrogen) atoms. The van der Waals surface area contributed by atoms with Crippen LogP contribution in [0.5, 0.6) is 0 Å². The number of anilines is 2. The van der Waals surface area contributed by atoms with Crippen LogP contribution in [0.3, 0.4) is 0 Å². The minimum absolute atomic E-state index is 0.0299. The van der Waals surface area contributed by atoms with Gasteiger partial charge >= 0.3 is 6.03 Å². The Labute approximate surface area is 208 Å². The lowest BCUT2D eigenvalue weighted by molar-refractivity contribution is 0.195. The lowest BCUT2D eigenvalue weighted by Gasteiger charge is -2.38. The summed E-state index contributed by atoms with van der Waals surface area (Å²) >= 11 is 0. The summed E-state index contributed by atoms with van der Waals surface area (Å²) in [6.45, 7) is 14.6. The Morgan fingerprint density at radius 2 is 1.60 bits per heavy atom. The summed E-state index contributed by atoms with van der Waals surface area (Å²) < 4.78 is 1.97. The number of nitrogens with one attached hydrogen (secondary N) is 1. The Hall–Kier alpha value is -3.26. The molecule has 186 valence electrons. The number of piperazine rings is 2. The van der Waals surface area contributed by atoms with Gasteiger partial charge < -0.3 is 20.0 Å². The van der Waals surface area contributed by atoms with Crippen LogP contribution in [0.25, 0.3) is 16.6 Å². The molecule has 2 amide bonds. The number of benzene rings is 1. The number of carbonyl (C=O) groups is 1. The quantitative estimate of drug-likeness (QED) is 0.613. The first-order chi connectivity index (χ1) is 17.0. The van der Waals surface area contributed by atoms with Crippen LogP contribution in [0.15, 0.2) is 48.8 Å². The van der Waals surface area contributed by atoms with Crippen molar-refractivity contribution in [1.29, 1.82) is 0 Å². The SMILES string of the molecule is CCNC(=O)N1CCN(c2ccnn3cc(-c4ccc(N5CCN(C(C)C)CC5)cc4)cc23)CC1. The average Bonchev–Trinajstić information content (AvgIpc) is 3.34. The molecule has 8 nitrogen and oxygen atoms in total. The van der Waals surface area contributed by atoms with Gasteiger partial charge in [0.15, 0.2) is 0 Å². The van der Waals surface area contributed by atoms with Crippen LogP contribution >= 0.6 is 0 Å². The predicted molar refractivity (Wildman–Crippen MR) is 142 cm³/mol. The van der Waals surface area contributed by atoms with Crippen LogP contribution in [0.4, 0.5) is 16.2 Å². The summed E-state index contributed by atoms with van der Waals surface area (Å²) in [5.41, 5.74) is 5.93. The van der Waals surface area contributed by atoms with Gasteiger partial charge in [-0.05, 0) is 50.6 Å². The van der Waals surface area contributed by atoms with E-state index >= 15 is 0 Å². The van der Waals surface area contributed by atoms with Crippen molar-refractivity contribution in [2.75, 3.05) is 68.7 Å². The van der Waals surface area contributed by atoms with Crippen molar-refractivity contribution in [2.45, 2.75) is 26.8 Å². The molecule has 0 saturated carbocycles. The largest absolute Gasteiger partial charge is 0.369 e. The summed E-state index contributed by atoms with van der Waals surface area (Å²) in [6.07, 6.45) is 3.97. The van der Waals surface area contributed by atoms with Crippen LogP contribution in [0.1, 0.15) is 20.8 Å². The van der Waals surface area contributed by atoms with Gasteiger partial charge in [0.05, 0.1) is 11.2 Å². The van der Waals surface area contributed by atoms with E-state index in [9.17, 15) is 4.79 Å². The molecule has 0 unspecified atom stereocenters. The maximum atomic E-state index is 12.2. The van der Waals surface area contributed by atoms with Gasteiger partial charge in [-0.15, -0.1) is 0 Å². The third-order valence-corrected chi connectivity index (χ3v) is 7.33. The monoisotopic (exact) mass is 475 g/mol. The summed E-state index contributed by atoms with van der Waals surface area (Å²) in [5, 5.41) is 7.47. The van der Waals surface area contributed by atoms with E-state index in [1.165, 1.54) is 22.5 Å². The Morgan fingerprint density at radius 3 is 2.26 bits per heavy atom. The van der Waals surface area contributed by atoms with E-state index in [0.717, 1.165) is 57.9 Å². The first-order valence-corrected chi connectivity index (χ1v) is 12.9. The average molecular weight is 476 g/mol. The highest BCUT2D eigenvalue weighted by atomic mass is 16.2. The molecule has 0 aliphatic carbocycles. The van der Waals surface area contributed by atoms with Gasteiger partial charge in [0.25, 0.3) is 0 Å². The van der Waals surface area contributed by atoms with Gasteiger partial charge in [-0.3, -0.25) is 4.90 Å². The van der Waals surface area contributed by atoms with Crippen LogP contribution < -0.4 is 15.1 Å². The van der Waals surface area contributed by atoms with Crippen molar-refractivity contribution in [2.24, 2.45) is 0 Å². The van der Waals surface area contributed by atoms with Crippen molar-refractivity contribution < 1.29 is 4.79 Å². The molecule has 0 radical (unpaired) electrons. The zero-order valence-electron chi connectivity index (χ0n) is 21.2. The number of hydrogen-bond acceptors (Lipinski definition) is 5. The number of hydrogen-bond donors (Lipinski definition) is 1. The molecule has 0 spiro atoms. The molecule has 3 aromatic rings. The molecular weight excluding hydrogens is 438 g/mol. The zero-order chi connectivity index (χ0) is 24.4. The van der Waals surface area contributed by atoms with Crippen LogP contribution in [-0.4, -0.2) is 90.4 Å². The maximum Gasteiger partial charge on any atom is 0.317 e. The van der Waals surface area contributed by atoms with Gasteiger partial charge in [0.1, 0.15) is 0 Å². The first kappa shape index (κ1) is 23.5. The molecule has 2 aromatic heterocycles. The van der Waals surface area contributed by atoms with Crippen LogP contribution in [0.2, 0.25) is 0 Å². The second kappa shape index (κ2) is 10.2. The van der Waals surface area contributed by atoms with Crippen molar-refractivity contribution in [3.63, 3.8) is 0 Å². The van der Waals surface area contributed by atoms with Gasteiger partial charge in [-0.1, -0.05) is 12.1 Å². The molecule has 4 heterocycles. The molecule has 2 saturated heterocycles. The fraction of sp³-hybridized carbons (Fsp3) is 0.481. The Balaban J connectivity index is 1.29. The normalized spacial score (nSPS) is 17.4. The second-order valence-electron chi connectivity index (χ2n) is 9.75. The summed E-state index contributed by atoms with van der Waals surface area (Å²) in [6, 6.07) is 13.9. The van der Waals surface area contributed by atoms with E-state index < -0.39 is 0 Å². The van der Waals surface area contributed by atoms with Crippen molar-refractivity contribution in [3.8, 4) is 11.1 Å². The predicted octanol–water partition coefficient (Wildman–Crippen LogP) is 3.38. The summed E-state index contributed by atoms with van der Waals surface area (Å²) in [4.78, 5) is 21.4. The Morgan fingerprint density at radius 1 is 0.914 bits per heavy atom. The van der Waals surface area contributed by atoms with E-state index in [2.05, 4.69) is 81.6 Å². The number of fused-ring (bicyclic) bond motifs is 1. The van der Waals surface area contributed by atoms with Gasteiger partial charge in [0.2, 0.25) is 0 Å². The van der Waals surface area contributed by atoms with Gasteiger partial charge in [-0.25, -0.2) is 9.31 Å². The molecular formula is C27H37N7O. The molecule has 2 fully saturated rings. The maximum absolute atomic E-state index is 12.2. The summed E-state index contributed by atoms with van der Waals surface area (Å²) in [7, 11) is 0. The minimum atomic E-state index is 0.0299. The number of aromatic nitrogens is 2. The van der Waals surface area contributed by atoms with Crippen molar-refractivity contribution >= 4 is 22.9 Å². The Kier molecular flexibility index (Phi) is 6.81. The van der Waals surface area contributed by atoms with Crippen molar-refractivity contribution in [3.05, 3.63) is 48.8 Å². The number of urea groups is 1. The molecule has 2 aliphatic heterocycles. The van der Waals surface area contributed by atoms with Gasteiger partial charge in [0, 0.05) is 88.6 Å². The molecule has 0 bridgehead atoms. The highest BCUT2D eigenvalue weighted by Crippen LogP contribution is 2.30. The fourth-order valence-corrected chi connectivity index (χ4v) is 5.20. The molecule has 2 aliphatic rings. The molecule has 1 N–H and O–H groups in total. The van der Waals surface area contributed by atoms with E-state index in [1.54, 1.807) is 0 Å². The van der Waals surface area contributed by atoms with Crippen LogP contribution in [-0.2, 0) is 0 Å². The highest BCUT2D eigenvalue weighted by molar-refractivity contribution is 5.81. The topological polar surface area (TPSA) is 59.4 Å². The van der Waals surface area contributed by atoms with E-state index in [4.69, 9.17) is 0 Å². The number of rotatable bonds is 5. The number of carbonyl (C=O) groups excluding carboxylic acids is 1. The van der Waals surface area contributed by atoms with E-state index in [0.29, 0.717) is 12.6 Å². The first-order valence-electron chi connectivity index (χ1n) is 12.9. The van der Waals surface area contributed by atoms with E-state index in [1.807, 2.05) is 22.5 Å². The molecule has 0 atom stereocenters. The standard InChI is InChI=1S/C27H37N7O/c1-4-28-27(35)33-17-15-32(16-18-33)25-9-10-29-34-20-23(19-26(25)34)22-5-7-24(8-6-22)31-13-11-30(12-14-31)21(2)3/h5-10,19-21H,4,11-18H2,1-3H3,(H,28,35). The molecule has 5 rings (SSSR count). The summed E-state index contributed by atoms with van der Waals surface area (Å²) in [5.74, 6) is 0. The number of nitrogens with zero attached hydrogens (tertiary/aromatic N) is 6. The third kappa shape index (κ3) is 4.93. The minimum Gasteiger partial charge on any atom is -0.369 e. The Bertz CT molecular complexity index is 1140. The molecule has 8 heteroatoms. The lowest BCUT2D eigenvalue weighted by Crippen LogP contribution is -2.51. The lowest BCUT2D eigenvalue weighted by atomic mass is 10.1. The molecule has 1 aromatic carbocycles.